The maximum Gasteiger partial charge on any atom is 0.340 e. The number of thiophene rings is 1. The summed E-state index contributed by atoms with van der Waals surface area (Å²) in [7, 11) is 0. The van der Waals surface area contributed by atoms with Crippen LogP contribution in [0.1, 0.15) is 48.8 Å². The summed E-state index contributed by atoms with van der Waals surface area (Å²) in [4.78, 5) is 41.5. The summed E-state index contributed by atoms with van der Waals surface area (Å²) < 4.78 is 0. The lowest BCUT2D eigenvalue weighted by Crippen LogP contribution is -2.49. The average molecular weight is 375 g/mol. The van der Waals surface area contributed by atoms with Gasteiger partial charge in [-0.05, 0) is 37.1 Å². The first kappa shape index (κ1) is 17.0. The number of aromatic nitrogens is 3. The first-order valence-corrected chi connectivity index (χ1v) is 9.76. The molecule has 0 aromatic carbocycles. The third-order valence-electron chi connectivity index (χ3n) is 5.79. The minimum atomic E-state index is -0.578. The lowest BCUT2D eigenvalue weighted by Gasteiger charge is -2.35. The molecule has 2 fully saturated rings. The summed E-state index contributed by atoms with van der Waals surface area (Å²) in [6.07, 6.45) is 3.15. The van der Waals surface area contributed by atoms with Crippen molar-refractivity contribution in [3.05, 3.63) is 38.7 Å². The first-order chi connectivity index (χ1) is 12.5. The van der Waals surface area contributed by atoms with Gasteiger partial charge in [0.1, 0.15) is 5.82 Å². The van der Waals surface area contributed by atoms with Crippen LogP contribution in [0, 0.1) is 5.41 Å². The molecule has 138 valence electrons. The van der Waals surface area contributed by atoms with E-state index in [4.69, 9.17) is 0 Å². The van der Waals surface area contributed by atoms with Crippen molar-refractivity contribution >= 4 is 23.2 Å². The zero-order chi connectivity index (χ0) is 18.3. The smallest absolute Gasteiger partial charge is 0.340 e. The standard InChI is InChI=1S/C17H21N5O3S/c1-2-17(15(24)18-8-13-19-16(25)21-20-13)7-11-3-4-12(17)22(11)14(23)10-5-6-26-9-10/h5-6,9,11-12H,2-4,7-8H2,1H3,(H,18,24)(H2,19,20,21,25)/t11-,12+,17+/m1/s1. The van der Waals surface area contributed by atoms with Gasteiger partial charge in [-0.25, -0.2) is 9.89 Å². The van der Waals surface area contributed by atoms with E-state index in [0.717, 1.165) is 12.8 Å². The summed E-state index contributed by atoms with van der Waals surface area (Å²) in [5.41, 5.74) is -0.272. The largest absolute Gasteiger partial charge is 0.348 e. The molecule has 9 heteroatoms. The fourth-order valence-electron chi connectivity index (χ4n) is 4.54. The van der Waals surface area contributed by atoms with Crippen molar-refractivity contribution in [3.8, 4) is 0 Å². The van der Waals surface area contributed by atoms with Crippen LogP contribution in [0.25, 0.3) is 0 Å². The normalized spacial score (nSPS) is 27.0. The van der Waals surface area contributed by atoms with E-state index in [9.17, 15) is 14.4 Å². The summed E-state index contributed by atoms with van der Waals surface area (Å²) in [6, 6.07) is 1.87. The molecule has 2 amide bonds. The van der Waals surface area contributed by atoms with E-state index in [1.54, 1.807) is 0 Å². The Bertz CT molecular complexity index is 873. The molecule has 2 bridgehead atoms. The predicted octanol–water partition coefficient (Wildman–Crippen LogP) is 1.25. The first-order valence-electron chi connectivity index (χ1n) is 8.82. The number of hydrogen-bond acceptors (Lipinski definition) is 5. The van der Waals surface area contributed by atoms with Crippen molar-refractivity contribution in [2.24, 2.45) is 5.41 Å². The highest BCUT2D eigenvalue weighted by Gasteiger charge is 2.60. The Labute approximate surface area is 154 Å². The number of nitrogens with zero attached hydrogens (tertiary/aromatic N) is 2. The lowest BCUT2D eigenvalue weighted by atomic mass is 9.71. The predicted molar refractivity (Wildman–Crippen MR) is 95.7 cm³/mol. The van der Waals surface area contributed by atoms with Crippen LogP contribution in [0.15, 0.2) is 21.6 Å². The van der Waals surface area contributed by atoms with Gasteiger partial charge in [0.2, 0.25) is 5.91 Å². The highest BCUT2D eigenvalue weighted by atomic mass is 32.1. The highest BCUT2D eigenvalue weighted by Crippen LogP contribution is 2.52. The molecular formula is C17H21N5O3S. The monoisotopic (exact) mass is 375 g/mol. The zero-order valence-electron chi connectivity index (χ0n) is 14.4. The van der Waals surface area contributed by atoms with Gasteiger partial charge in [0, 0.05) is 17.5 Å². The number of amides is 2. The van der Waals surface area contributed by atoms with Gasteiger partial charge < -0.3 is 10.2 Å². The van der Waals surface area contributed by atoms with Gasteiger partial charge in [0.25, 0.3) is 5.91 Å². The number of carbonyl (C=O) groups excluding carboxylic acids is 2. The minimum absolute atomic E-state index is 0.0264. The number of nitrogens with one attached hydrogen (secondary N) is 3. The van der Waals surface area contributed by atoms with Crippen LogP contribution < -0.4 is 11.0 Å². The van der Waals surface area contributed by atoms with Crippen LogP contribution in [-0.4, -0.2) is 44.0 Å². The van der Waals surface area contributed by atoms with Crippen molar-refractivity contribution in [2.75, 3.05) is 0 Å². The molecular weight excluding hydrogens is 354 g/mol. The molecule has 2 aromatic rings. The molecule has 4 rings (SSSR count). The molecule has 3 N–H and O–H groups in total. The highest BCUT2D eigenvalue weighted by molar-refractivity contribution is 7.08. The molecule has 26 heavy (non-hydrogen) atoms. The van der Waals surface area contributed by atoms with Crippen molar-refractivity contribution in [1.82, 2.24) is 25.4 Å². The molecule has 8 nitrogen and oxygen atoms in total. The van der Waals surface area contributed by atoms with E-state index in [2.05, 4.69) is 20.5 Å². The summed E-state index contributed by atoms with van der Waals surface area (Å²) in [5.74, 6) is 0.349. The molecule has 4 heterocycles. The maximum atomic E-state index is 13.0. The van der Waals surface area contributed by atoms with E-state index < -0.39 is 11.1 Å². The van der Waals surface area contributed by atoms with E-state index in [0.29, 0.717) is 24.2 Å². The molecule has 0 radical (unpaired) electrons. The number of hydrogen-bond donors (Lipinski definition) is 3. The van der Waals surface area contributed by atoms with Crippen LogP contribution in [0.3, 0.4) is 0 Å². The second-order valence-corrected chi connectivity index (χ2v) is 7.77. The van der Waals surface area contributed by atoms with Crippen LogP contribution >= 0.6 is 11.3 Å². The average Bonchev–Trinajstić information content (AvgIpc) is 3.42. The second kappa shape index (κ2) is 6.39. The second-order valence-electron chi connectivity index (χ2n) is 6.99. The molecule has 3 atom stereocenters. The van der Waals surface area contributed by atoms with Gasteiger partial charge in [0.05, 0.1) is 17.5 Å². The number of H-pyrrole nitrogens is 2. The number of aromatic amines is 2. The zero-order valence-corrected chi connectivity index (χ0v) is 15.3. The van der Waals surface area contributed by atoms with E-state index >= 15 is 0 Å². The molecule has 2 aliphatic heterocycles. The van der Waals surface area contributed by atoms with Crippen molar-refractivity contribution < 1.29 is 9.59 Å². The molecule has 2 saturated heterocycles. The van der Waals surface area contributed by atoms with Crippen LogP contribution in [0.4, 0.5) is 0 Å². The quantitative estimate of drug-likeness (QED) is 0.730. The maximum absolute atomic E-state index is 13.0. The SMILES string of the molecule is CC[C@]1(C(=O)NCc2n[nH]c(=O)[nH]2)C[C@H]2CC[C@@H]1N2C(=O)c1ccsc1. The molecule has 0 spiro atoms. The molecule has 0 unspecified atom stereocenters. The summed E-state index contributed by atoms with van der Waals surface area (Å²) in [6.45, 7) is 2.17. The van der Waals surface area contributed by atoms with Gasteiger partial charge in [-0.1, -0.05) is 6.92 Å². The lowest BCUT2D eigenvalue weighted by molar-refractivity contribution is -0.133. The topological polar surface area (TPSA) is 111 Å². The van der Waals surface area contributed by atoms with Crippen LogP contribution in [0.2, 0.25) is 0 Å². The van der Waals surface area contributed by atoms with Crippen molar-refractivity contribution in [1.29, 1.82) is 0 Å². The summed E-state index contributed by atoms with van der Waals surface area (Å²) in [5, 5.41) is 12.8. The number of fused-ring (bicyclic) bond motifs is 2. The van der Waals surface area contributed by atoms with Crippen molar-refractivity contribution in [3.63, 3.8) is 0 Å². The van der Waals surface area contributed by atoms with Gasteiger partial charge in [0.15, 0.2) is 0 Å². The Morgan fingerprint density at radius 2 is 2.31 bits per heavy atom. The Balaban J connectivity index is 1.53. The minimum Gasteiger partial charge on any atom is -0.348 e. The fourth-order valence-corrected chi connectivity index (χ4v) is 5.17. The van der Waals surface area contributed by atoms with Gasteiger partial charge >= 0.3 is 5.69 Å². The third-order valence-corrected chi connectivity index (χ3v) is 6.48. The molecule has 0 saturated carbocycles. The van der Waals surface area contributed by atoms with Crippen LogP contribution in [0.5, 0.6) is 0 Å². The summed E-state index contributed by atoms with van der Waals surface area (Å²) >= 11 is 1.50. The van der Waals surface area contributed by atoms with E-state index in [1.807, 2.05) is 28.7 Å². The van der Waals surface area contributed by atoms with E-state index in [1.165, 1.54) is 11.3 Å². The Morgan fingerprint density at radius 1 is 1.46 bits per heavy atom. The fraction of sp³-hybridized carbons (Fsp3) is 0.529. The molecule has 2 aliphatic rings. The van der Waals surface area contributed by atoms with Crippen molar-refractivity contribution in [2.45, 2.75) is 51.2 Å². The number of rotatable bonds is 5. The Morgan fingerprint density at radius 3 is 2.96 bits per heavy atom. The molecule has 2 aromatic heterocycles. The van der Waals surface area contributed by atoms with Gasteiger partial charge in [-0.2, -0.15) is 16.4 Å². The Hall–Kier alpha value is -2.42. The van der Waals surface area contributed by atoms with Gasteiger partial charge in [-0.15, -0.1) is 0 Å². The van der Waals surface area contributed by atoms with E-state index in [-0.39, 0.29) is 30.4 Å². The van der Waals surface area contributed by atoms with Gasteiger partial charge in [-0.3, -0.25) is 14.6 Å². The Kier molecular flexibility index (Phi) is 4.18. The third kappa shape index (κ3) is 2.57. The number of carbonyl (C=O) groups is 2. The molecule has 0 aliphatic carbocycles. The van der Waals surface area contributed by atoms with Crippen LogP contribution in [-0.2, 0) is 11.3 Å².